The molecule has 0 aliphatic rings. The van der Waals surface area contributed by atoms with E-state index in [4.69, 9.17) is 11.6 Å². The molecule has 3 aromatic rings. The van der Waals surface area contributed by atoms with Crippen molar-refractivity contribution in [3.63, 3.8) is 0 Å². The Kier molecular flexibility index (Phi) is 5.90. The van der Waals surface area contributed by atoms with E-state index in [0.29, 0.717) is 5.69 Å². The molecule has 0 aromatic heterocycles. The molecule has 1 N–H and O–H groups in total. The molecule has 0 spiro atoms. The van der Waals surface area contributed by atoms with Gasteiger partial charge < -0.3 is 5.32 Å². The monoisotopic (exact) mass is 404 g/mol. The van der Waals surface area contributed by atoms with Crippen molar-refractivity contribution >= 4 is 29.0 Å². The smallest absolute Gasteiger partial charge is 0.306 e. The van der Waals surface area contributed by atoms with E-state index < -0.39 is 17.8 Å². The van der Waals surface area contributed by atoms with Gasteiger partial charge in [-0.25, -0.2) is 4.79 Å². The van der Waals surface area contributed by atoms with Crippen LogP contribution in [-0.4, -0.2) is 6.03 Å². The highest BCUT2D eigenvalue weighted by atomic mass is 35.5. The molecule has 0 saturated carbocycles. The predicted octanol–water partition coefficient (Wildman–Crippen LogP) is 6.60. The quantitative estimate of drug-likeness (QED) is 0.522. The second kappa shape index (κ2) is 8.35. The number of rotatable bonds is 4. The summed E-state index contributed by atoms with van der Waals surface area (Å²) < 4.78 is 38.9. The van der Waals surface area contributed by atoms with Crippen LogP contribution in [0.25, 0.3) is 0 Å². The molecule has 3 aromatic carbocycles. The van der Waals surface area contributed by atoms with Crippen LogP contribution in [0.2, 0.25) is 5.02 Å². The Labute approximate surface area is 165 Å². The summed E-state index contributed by atoms with van der Waals surface area (Å²) in [5, 5.41) is 2.52. The lowest BCUT2D eigenvalue weighted by Crippen LogP contribution is -2.34. The summed E-state index contributed by atoms with van der Waals surface area (Å²) in [4.78, 5) is 14.3. The number of para-hydroxylation sites is 1. The van der Waals surface area contributed by atoms with Crippen LogP contribution in [-0.2, 0) is 12.7 Å². The van der Waals surface area contributed by atoms with Gasteiger partial charge in [-0.15, -0.1) is 0 Å². The number of benzene rings is 3. The van der Waals surface area contributed by atoms with Crippen LogP contribution in [0.4, 0.5) is 29.3 Å². The average molecular weight is 405 g/mol. The van der Waals surface area contributed by atoms with Crippen LogP contribution in [0, 0.1) is 0 Å². The Hall–Kier alpha value is -2.99. The molecule has 0 aliphatic heterocycles. The topological polar surface area (TPSA) is 32.3 Å². The van der Waals surface area contributed by atoms with Gasteiger partial charge in [0.2, 0.25) is 0 Å². The molecule has 3 nitrogen and oxygen atoms in total. The zero-order valence-electron chi connectivity index (χ0n) is 14.6. The van der Waals surface area contributed by atoms with Gasteiger partial charge in [-0.3, -0.25) is 4.90 Å². The van der Waals surface area contributed by atoms with Crippen LogP contribution < -0.4 is 10.2 Å². The molecule has 0 radical (unpaired) electrons. The van der Waals surface area contributed by atoms with Crippen molar-refractivity contribution in [2.45, 2.75) is 12.7 Å². The van der Waals surface area contributed by atoms with Gasteiger partial charge in [0.05, 0.1) is 22.8 Å². The number of hydrogen-bond acceptors (Lipinski definition) is 1. The lowest BCUT2D eigenvalue weighted by atomic mass is 10.2. The molecule has 0 aliphatic carbocycles. The zero-order valence-corrected chi connectivity index (χ0v) is 15.3. The van der Waals surface area contributed by atoms with Gasteiger partial charge in [0.25, 0.3) is 0 Å². The molecule has 28 heavy (non-hydrogen) atoms. The lowest BCUT2D eigenvalue weighted by molar-refractivity contribution is -0.137. The van der Waals surface area contributed by atoms with Gasteiger partial charge in [0.15, 0.2) is 0 Å². The first-order valence-corrected chi connectivity index (χ1v) is 8.76. The van der Waals surface area contributed by atoms with E-state index in [2.05, 4.69) is 5.32 Å². The van der Waals surface area contributed by atoms with Gasteiger partial charge in [0.1, 0.15) is 0 Å². The number of anilines is 2. The van der Waals surface area contributed by atoms with Crippen LogP contribution in [0.1, 0.15) is 11.1 Å². The second-order valence-corrected chi connectivity index (χ2v) is 6.44. The van der Waals surface area contributed by atoms with Crippen LogP contribution in [0.5, 0.6) is 0 Å². The number of nitrogens with one attached hydrogen (secondary N) is 1. The van der Waals surface area contributed by atoms with Crippen molar-refractivity contribution in [2.24, 2.45) is 0 Å². The Bertz CT molecular complexity index is 947. The van der Waals surface area contributed by atoms with Gasteiger partial charge in [0, 0.05) is 5.69 Å². The fourth-order valence-electron chi connectivity index (χ4n) is 2.63. The van der Waals surface area contributed by atoms with E-state index in [9.17, 15) is 18.0 Å². The summed E-state index contributed by atoms with van der Waals surface area (Å²) in [6.07, 6.45) is -4.53. The fourth-order valence-corrected chi connectivity index (χ4v) is 2.80. The number of hydrogen-bond donors (Lipinski definition) is 1. The van der Waals surface area contributed by atoms with Crippen molar-refractivity contribution in [3.05, 3.63) is 95.0 Å². The molecular formula is C21H16ClF3N2O. The minimum Gasteiger partial charge on any atom is -0.306 e. The van der Waals surface area contributed by atoms with E-state index in [-0.39, 0.29) is 17.3 Å². The minimum absolute atomic E-state index is 0.0223. The maximum absolute atomic E-state index is 13.0. The molecule has 0 saturated heterocycles. The maximum Gasteiger partial charge on any atom is 0.416 e. The first kappa shape index (κ1) is 19.8. The summed E-state index contributed by atoms with van der Waals surface area (Å²) in [6.45, 7) is 0.243. The minimum atomic E-state index is -4.53. The molecule has 2 amide bonds. The number of alkyl halides is 3. The highest BCUT2D eigenvalue weighted by Crippen LogP contribution is 2.34. The van der Waals surface area contributed by atoms with Crippen molar-refractivity contribution in [2.75, 3.05) is 10.2 Å². The van der Waals surface area contributed by atoms with Gasteiger partial charge in [-0.05, 0) is 35.9 Å². The number of carbonyl (C=O) groups is 1. The number of urea groups is 1. The third-order valence-electron chi connectivity index (χ3n) is 4.03. The van der Waals surface area contributed by atoms with Gasteiger partial charge >= 0.3 is 12.2 Å². The molecule has 7 heteroatoms. The molecule has 144 valence electrons. The van der Waals surface area contributed by atoms with Crippen molar-refractivity contribution < 1.29 is 18.0 Å². The third kappa shape index (κ3) is 4.84. The molecular weight excluding hydrogens is 389 g/mol. The Balaban J connectivity index is 1.90. The highest BCUT2D eigenvalue weighted by Gasteiger charge is 2.31. The van der Waals surface area contributed by atoms with Crippen molar-refractivity contribution in [3.8, 4) is 0 Å². The van der Waals surface area contributed by atoms with Crippen LogP contribution >= 0.6 is 11.6 Å². The molecule has 0 heterocycles. The SMILES string of the molecule is O=C(Nc1cc(C(F)(F)F)ccc1Cl)N(Cc1ccccc1)c1ccccc1. The molecule has 0 unspecified atom stereocenters. The summed E-state index contributed by atoms with van der Waals surface area (Å²) in [7, 11) is 0. The van der Waals surface area contributed by atoms with Crippen molar-refractivity contribution in [1.82, 2.24) is 0 Å². The summed E-state index contributed by atoms with van der Waals surface area (Å²) in [5.74, 6) is 0. The number of halogens is 4. The first-order chi connectivity index (χ1) is 13.3. The molecule has 3 rings (SSSR count). The standard InChI is InChI=1S/C21H16ClF3N2O/c22-18-12-11-16(21(23,24)25)13-19(18)26-20(28)27(17-9-5-2-6-10-17)14-15-7-3-1-4-8-15/h1-13H,14H2,(H,26,28). The van der Waals surface area contributed by atoms with Gasteiger partial charge in [-0.2, -0.15) is 13.2 Å². The van der Waals surface area contributed by atoms with Crippen molar-refractivity contribution in [1.29, 1.82) is 0 Å². The molecule has 0 bridgehead atoms. The number of nitrogens with zero attached hydrogens (tertiary/aromatic N) is 1. The fraction of sp³-hybridized carbons (Fsp3) is 0.0952. The Morgan fingerprint density at radius 2 is 1.54 bits per heavy atom. The Morgan fingerprint density at radius 3 is 2.14 bits per heavy atom. The van der Waals surface area contributed by atoms with E-state index in [1.807, 2.05) is 36.4 Å². The van der Waals surface area contributed by atoms with E-state index in [0.717, 1.165) is 23.8 Å². The predicted molar refractivity (Wildman–Crippen MR) is 105 cm³/mol. The first-order valence-electron chi connectivity index (χ1n) is 8.39. The van der Waals surface area contributed by atoms with E-state index in [1.54, 1.807) is 24.3 Å². The number of amides is 2. The normalized spacial score (nSPS) is 11.1. The van der Waals surface area contributed by atoms with E-state index in [1.165, 1.54) is 4.90 Å². The largest absolute Gasteiger partial charge is 0.416 e. The second-order valence-electron chi connectivity index (χ2n) is 6.03. The van der Waals surface area contributed by atoms with Crippen LogP contribution in [0.3, 0.4) is 0 Å². The zero-order chi connectivity index (χ0) is 20.1. The number of carbonyl (C=O) groups excluding carboxylic acids is 1. The summed E-state index contributed by atoms with van der Waals surface area (Å²) in [6, 6.07) is 20.4. The van der Waals surface area contributed by atoms with E-state index >= 15 is 0 Å². The summed E-state index contributed by atoms with van der Waals surface area (Å²) >= 11 is 6.00. The summed E-state index contributed by atoms with van der Waals surface area (Å²) in [5.41, 5.74) is 0.487. The molecule has 0 fully saturated rings. The maximum atomic E-state index is 13.0. The van der Waals surface area contributed by atoms with Crippen LogP contribution in [0.15, 0.2) is 78.9 Å². The molecule has 0 atom stereocenters. The lowest BCUT2D eigenvalue weighted by Gasteiger charge is -2.24. The average Bonchev–Trinajstić information content (AvgIpc) is 2.68. The highest BCUT2D eigenvalue weighted by molar-refractivity contribution is 6.33. The van der Waals surface area contributed by atoms with Gasteiger partial charge in [-0.1, -0.05) is 60.1 Å². The third-order valence-corrected chi connectivity index (χ3v) is 4.36. The Morgan fingerprint density at radius 1 is 0.929 bits per heavy atom.